The smallest absolute Gasteiger partial charge is 0.338 e. The molecule has 3 rings (SSSR count). The molecule has 0 radical (unpaired) electrons. The molecule has 0 fully saturated rings. The van der Waals surface area contributed by atoms with E-state index in [1.165, 1.54) is 0 Å². The number of anilines is 1. The van der Waals surface area contributed by atoms with Crippen molar-refractivity contribution >= 4 is 17.7 Å². The van der Waals surface area contributed by atoms with Gasteiger partial charge in [0.05, 0.1) is 23.6 Å². The number of amides is 1. The molecule has 0 saturated heterocycles. The molecule has 1 heterocycles. The Morgan fingerprint density at radius 2 is 1.77 bits per heavy atom. The van der Waals surface area contributed by atoms with Gasteiger partial charge in [-0.3, -0.25) is 4.79 Å². The van der Waals surface area contributed by atoms with Crippen LogP contribution in [0.4, 0.5) is 5.82 Å². The molecule has 7 nitrogen and oxygen atoms in total. The first kappa shape index (κ1) is 21.1. The highest BCUT2D eigenvalue weighted by Gasteiger charge is 2.14. The van der Waals surface area contributed by atoms with E-state index in [0.29, 0.717) is 29.7 Å². The number of hydrogen-bond acceptors (Lipinski definition) is 5. The molecule has 30 heavy (non-hydrogen) atoms. The molecule has 7 heteroatoms. The predicted octanol–water partition coefficient (Wildman–Crippen LogP) is 4.01. The minimum Gasteiger partial charge on any atom is -0.493 e. The van der Waals surface area contributed by atoms with Crippen LogP contribution in [0.25, 0.3) is 5.69 Å². The molecule has 1 N–H and O–H groups in total. The third kappa shape index (κ3) is 5.70. The van der Waals surface area contributed by atoms with Crippen LogP contribution < -0.4 is 10.1 Å². The Labute approximate surface area is 175 Å². The summed E-state index contributed by atoms with van der Waals surface area (Å²) in [6, 6.07) is 17.8. The minimum atomic E-state index is -0.576. The van der Waals surface area contributed by atoms with Crippen molar-refractivity contribution in [2.45, 2.75) is 20.8 Å². The van der Waals surface area contributed by atoms with Crippen molar-refractivity contribution in [2.75, 3.05) is 18.5 Å². The van der Waals surface area contributed by atoms with Gasteiger partial charge in [-0.2, -0.15) is 5.10 Å². The fourth-order valence-electron chi connectivity index (χ4n) is 2.70. The van der Waals surface area contributed by atoms with Gasteiger partial charge in [0.25, 0.3) is 5.91 Å². The fourth-order valence-corrected chi connectivity index (χ4v) is 2.70. The molecule has 0 saturated carbocycles. The van der Waals surface area contributed by atoms with Crippen LogP contribution >= 0.6 is 0 Å². The molecular weight excluding hydrogens is 382 g/mol. The van der Waals surface area contributed by atoms with E-state index < -0.39 is 18.5 Å². The van der Waals surface area contributed by atoms with E-state index in [-0.39, 0.29) is 0 Å². The highest BCUT2D eigenvalue weighted by Crippen LogP contribution is 2.17. The monoisotopic (exact) mass is 407 g/mol. The quantitative estimate of drug-likeness (QED) is 0.571. The van der Waals surface area contributed by atoms with Crippen molar-refractivity contribution in [3.8, 4) is 11.4 Å². The Morgan fingerprint density at radius 1 is 1.07 bits per heavy atom. The van der Waals surface area contributed by atoms with Crippen LogP contribution in [0.3, 0.4) is 0 Å². The van der Waals surface area contributed by atoms with Crippen molar-refractivity contribution < 1.29 is 19.1 Å². The van der Waals surface area contributed by atoms with Gasteiger partial charge < -0.3 is 14.8 Å². The maximum atomic E-state index is 12.3. The average molecular weight is 407 g/mol. The van der Waals surface area contributed by atoms with Gasteiger partial charge in [-0.15, -0.1) is 0 Å². The topological polar surface area (TPSA) is 82.5 Å². The second kappa shape index (κ2) is 9.73. The van der Waals surface area contributed by atoms with E-state index in [4.69, 9.17) is 9.47 Å². The van der Waals surface area contributed by atoms with E-state index in [1.54, 1.807) is 35.0 Å². The number of ether oxygens (including phenoxy) is 2. The molecular formula is C23H25N3O4. The molecule has 0 spiro atoms. The van der Waals surface area contributed by atoms with Crippen molar-refractivity contribution in [1.29, 1.82) is 0 Å². The maximum absolute atomic E-state index is 12.3. The number of nitrogens with one attached hydrogen (secondary N) is 1. The van der Waals surface area contributed by atoms with Crippen LogP contribution in [0, 0.1) is 12.8 Å². The number of aryl methyl sites for hydroxylation is 1. The lowest BCUT2D eigenvalue weighted by atomic mass is 10.2. The van der Waals surface area contributed by atoms with Crippen LogP contribution in [0.1, 0.15) is 29.9 Å². The number of carbonyl (C=O) groups is 2. The summed E-state index contributed by atoms with van der Waals surface area (Å²) in [5.41, 5.74) is 1.92. The third-order valence-corrected chi connectivity index (χ3v) is 4.11. The lowest BCUT2D eigenvalue weighted by Crippen LogP contribution is -2.22. The highest BCUT2D eigenvalue weighted by molar-refractivity contribution is 5.95. The number of hydrogen-bond donors (Lipinski definition) is 1. The third-order valence-electron chi connectivity index (χ3n) is 4.11. The number of esters is 1. The number of carbonyl (C=O) groups excluding carboxylic acids is 2. The van der Waals surface area contributed by atoms with Gasteiger partial charge in [0.2, 0.25) is 0 Å². The van der Waals surface area contributed by atoms with Crippen LogP contribution in [0.15, 0.2) is 60.7 Å². The Balaban J connectivity index is 1.56. The lowest BCUT2D eigenvalue weighted by molar-refractivity contribution is -0.119. The summed E-state index contributed by atoms with van der Waals surface area (Å²) in [6.45, 7) is 6.16. The van der Waals surface area contributed by atoms with E-state index in [0.717, 1.165) is 11.4 Å². The van der Waals surface area contributed by atoms with Gasteiger partial charge in [0.1, 0.15) is 11.6 Å². The molecule has 156 valence electrons. The first-order valence-electron chi connectivity index (χ1n) is 9.74. The Morgan fingerprint density at radius 3 is 2.43 bits per heavy atom. The van der Waals surface area contributed by atoms with Crippen LogP contribution in [-0.4, -0.2) is 34.9 Å². The minimum absolute atomic E-state index is 0.352. The SMILES string of the molecule is Cc1cc(NC(=O)COC(=O)c2ccc(OCC(C)C)cc2)n(-c2ccccc2)n1. The Kier molecular flexibility index (Phi) is 6.85. The summed E-state index contributed by atoms with van der Waals surface area (Å²) in [4.78, 5) is 24.5. The van der Waals surface area contributed by atoms with Crippen LogP contribution in [-0.2, 0) is 9.53 Å². The standard InChI is InChI=1S/C23H25N3O4/c1-16(2)14-29-20-11-9-18(10-12-20)23(28)30-15-22(27)24-21-13-17(3)25-26(21)19-7-5-4-6-8-19/h4-13,16H,14-15H2,1-3H3,(H,24,27). The van der Waals surface area contributed by atoms with Crippen LogP contribution in [0.2, 0.25) is 0 Å². The first-order valence-corrected chi connectivity index (χ1v) is 9.74. The molecule has 0 atom stereocenters. The molecule has 1 aromatic heterocycles. The number of benzene rings is 2. The van der Waals surface area contributed by atoms with E-state index in [2.05, 4.69) is 24.3 Å². The second-order valence-electron chi connectivity index (χ2n) is 7.27. The molecule has 1 amide bonds. The molecule has 0 aliphatic rings. The largest absolute Gasteiger partial charge is 0.493 e. The predicted molar refractivity (Wildman–Crippen MR) is 114 cm³/mol. The second-order valence-corrected chi connectivity index (χ2v) is 7.27. The summed E-state index contributed by atoms with van der Waals surface area (Å²) < 4.78 is 12.4. The zero-order valence-corrected chi connectivity index (χ0v) is 17.3. The Hall–Kier alpha value is -3.61. The van der Waals surface area contributed by atoms with Gasteiger partial charge in [-0.1, -0.05) is 32.0 Å². The zero-order chi connectivity index (χ0) is 21.5. The van der Waals surface area contributed by atoms with Gasteiger partial charge in [0.15, 0.2) is 6.61 Å². The first-order chi connectivity index (χ1) is 14.4. The molecule has 0 aliphatic carbocycles. The molecule has 3 aromatic rings. The zero-order valence-electron chi connectivity index (χ0n) is 17.3. The molecule has 2 aromatic carbocycles. The highest BCUT2D eigenvalue weighted by atomic mass is 16.5. The number of para-hydroxylation sites is 1. The number of rotatable bonds is 8. The normalized spacial score (nSPS) is 10.7. The van der Waals surface area contributed by atoms with Crippen LogP contribution in [0.5, 0.6) is 5.75 Å². The van der Waals surface area contributed by atoms with Gasteiger partial charge in [-0.05, 0) is 49.2 Å². The average Bonchev–Trinajstić information content (AvgIpc) is 3.11. The van der Waals surface area contributed by atoms with E-state index in [1.807, 2.05) is 37.3 Å². The summed E-state index contributed by atoms with van der Waals surface area (Å²) in [5, 5.41) is 7.13. The van der Waals surface area contributed by atoms with E-state index in [9.17, 15) is 9.59 Å². The van der Waals surface area contributed by atoms with Gasteiger partial charge in [-0.25, -0.2) is 9.48 Å². The summed E-state index contributed by atoms with van der Waals surface area (Å²) in [7, 11) is 0. The number of nitrogens with zero attached hydrogens (tertiary/aromatic N) is 2. The van der Waals surface area contributed by atoms with E-state index >= 15 is 0 Å². The summed E-state index contributed by atoms with van der Waals surface area (Å²) in [6.07, 6.45) is 0. The van der Waals surface area contributed by atoms with Crippen molar-refractivity contribution in [2.24, 2.45) is 5.92 Å². The van der Waals surface area contributed by atoms with Crippen molar-refractivity contribution in [3.05, 3.63) is 71.9 Å². The summed E-state index contributed by atoms with van der Waals surface area (Å²) >= 11 is 0. The molecule has 0 unspecified atom stereocenters. The molecule has 0 aliphatic heterocycles. The van der Waals surface area contributed by atoms with Gasteiger partial charge in [0, 0.05) is 6.07 Å². The summed E-state index contributed by atoms with van der Waals surface area (Å²) in [5.74, 6) is 0.578. The van der Waals surface area contributed by atoms with Gasteiger partial charge >= 0.3 is 5.97 Å². The lowest BCUT2D eigenvalue weighted by Gasteiger charge is -2.10. The van der Waals surface area contributed by atoms with Crippen molar-refractivity contribution in [1.82, 2.24) is 9.78 Å². The Bertz CT molecular complexity index is 995. The molecule has 0 bridgehead atoms. The number of aromatic nitrogens is 2. The fraction of sp³-hybridized carbons (Fsp3) is 0.261. The van der Waals surface area contributed by atoms with Crippen molar-refractivity contribution in [3.63, 3.8) is 0 Å². The maximum Gasteiger partial charge on any atom is 0.338 e.